The normalized spacial score (nSPS) is 11.3. The lowest BCUT2D eigenvalue weighted by Crippen LogP contribution is -2.25. The molecule has 130 valence electrons. The number of nitrogens with zero attached hydrogens (tertiary/aromatic N) is 1. The molecule has 1 amide bonds. The van der Waals surface area contributed by atoms with Crippen molar-refractivity contribution in [2.45, 2.75) is 25.3 Å². The molecular formula is C15H19N3O4S2. The molecule has 0 radical (unpaired) electrons. The van der Waals surface area contributed by atoms with Crippen molar-refractivity contribution in [2.24, 2.45) is 0 Å². The molecule has 1 aromatic carbocycles. The van der Waals surface area contributed by atoms with Crippen molar-refractivity contribution < 1.29 is 17.9 Å². The van der Waals surface area contributed by atoms with Crippen LogP contribution in [0.4, 0.5) is 0 Å². The fourth-order valence-electron chi connectivity index (χ4n) is 1.89. The van der Waals surface area contributed by atoms with Crippen LogP contribution in [0.2, 0.25) is 0 Å². The quantitative estimate of drug-likeness (QED) is 0.768. The Hall–Kier alpha value is -1.97. The Morgan fingerprint density at radius 3 is 2.67 bits per heavy atom. The first-order chi connectivity index (χ1) is 11.3. The Labute approximate surface area is 145 Å². The summed E-state index contributed by atoms with van der Waals surface area (Å²) in [5, 5.41) is 5.02. The standard InChI is InChI=1S/C15H19N3O4S2/c1-10-6-12(4-5-13(10)22-8-14(19)16-3)24(20,21)17-7-15-18-11(2)9-23-15/h4-6,9,17H,7-8H2,1-3H3,(H,16,19). The molecule has 0 fully saturated rings. The molecule has 2 rings (SSSR count). The lowest BCUT2D eigenvalue weighted by Gasteiger charge is -2.11. The molecule has 24 heavy (non-hydrogen) atoms. The summed E-state index contributed by atoms with van der Waals surface area (Å²) in [6.07, 6.45) is 0. The number of ether oxygens (including phenoxy) is 1. The van der Waals surface area contributed by atoms with Gasteiger partial charge in [0.25, 0.3) is 5.91 Å². The number of hydrogen-bond donors (Lipinski definition) is 2. The lowest BCUT2D eigenvalue weighted by atomic mass is 10.2. The van der Waals surface area contributed by atoms with E-state index in [1.807, 2.05) is 12.3 Å². The van der Waals surface area contributed by atoms with E-state index in [1.54, 1.807) is 13.0 Å². The second kappa shape index (κ2) is 7.73. The number of rotatable bonds is 7. The van der Waals surface area contributed by atoms with Crippen LogP contribution in [0.25, 0.3) is 0 Å². The molecule has 1 aromatic heterocycles. The van der Waals surface area contributed by atoms with E-state index in [0.29, 0.717) is 16.3 Å². The van der Waals surface area contributed by atoms with E-state index < -0.39 is 10.0 Å². The third-order valence-electron chi connectivity index (χ3n) is 3.17. The highest BCUT2D eigenvalue weighted by Crippen LogP contribution is 2.22. The van der Waals surface area contributed by atoms with Crippen molar-refractivity contribution in [1.29, 1.82) is 0 Å². The Morgan fingerprint density at radius 1 is 1.33 bits per heavy atom. The number of benzene rings is 1. The highest BCUT2D eigenvalue weighted by molar-refractivity contribution is 7.89. The molecule has 9 heteroatoms. The van der Waals surface area contributed by atoms with Crippen LogP contribution in [0.1, 0.15) is 16.3 Å². The zero-order chi connectivity index (χ0) is 17.7. The highest BCUT2D eigenvalue weighted by atomic mass is 32.2. The fraction of sp³-hybridized carbons (Fsp3) is 0.333. The van der Waals surface area contributed by atoms with Crippen molar-refractivity contribution >= 4 is 27.3 Å². The van der Waals surface area contributed by atoms with E-state index in [9.17, 15) is 13.2 Å². The maximum Gasteiger partial charge on any atom is 0.257 e. The van der Waals surface area contributed by atoms with Gasteiger partial charge >= 0.3 is 0 Å². The number of amides is 1. The van der Waals surface area contributed by atoms with Crippen molar-refractivity contribution in [2.75, 3.05) is 13.7 Å². The summed E-state index contributed by atoms with van der Waals surface area (Å²) in [6.45, 7) is 3.61. The molecule has 0 aliphatic rings. The van der Waals surface area contributed by atoms with Crippen molar-refractivity contribution in [1.82, 2.24) is 15.0 Å². The van der Waals surface area contributed by atoms with Gasteiger partial charge < -0.3 is 10.1 Å². The van der Waals surface area contributed by atoms with E-state index in [1.165, 1.54) is 30.5 Å². The highest BCUT2D eigenvalue weighted by Gasteiger charge is 2.16. The van der Waals surface area contributed by atoms with Gasteiger partial charge in [-0.05, 0) is 37.6 Å². The van der Waals surface area contributed by atoms with Crippen molar-refractivity contribution in [3.8, 4) is 5.75 Å². The predicted octanol–water partition coefficient (Wildman–Crippen LogP) is 1.36. The van der Waals surface area contributed by atoms with Crippen molar-refractivity contribution in [3.63, 3.8) is 0 Å². The van der Waals surface area contributed by atoms with Crippen LogP contribution in [0.5, 0.6) is 5.75 Å². The zero-order valence-corrected chi connectivity index (χ0v) is 15.3. The monoisotopic (exact) mass is 369 g/mol. The number of carbonyl (C=O) groups excluding carboxylic acids is 1. The summed E-state index contributed by atoms with van der Waals surface area (Å²) >= 11 is 1.41. The minimum atomic E-state index is -3.64. The molecule has 0 bridgehead atoms. The first kappa shape index (κ1) is 18.4. The summed E-state index contributed by atoms with van der Waals surface area (Å²) in [5.74, 6) is 0.208. The van der Waals surface area contributed by atoms with E-state index in [2.05, 4.69) is 15.0 Å². The molecule has 0 atom stereocenters. The molecule has 0 saturated heterocycles. The smallest absolute Gasteiger partial charge is 0.257 e. The van der Waals surface area contributed by atoms with Crippen LogP contribution in [0.15, 0.2) is 28.5 Å². The van der Waals surface area contributed by atoms with Gasteiger partial charge in [0.1, 0.15) is 10.8 Å². The van der Waals surface area contributed by atoms with E-state index in [4.69, 9.17) is 4.74 Å². The average Bonchev–Trinajstić information content (AvgIpc) is 2.97. The first-order valence-electron chi connectivity index (χ1n) is 7.16. The lowest BCUT2D eigenvalue weighted by molar-refractivity contribution is -0.122. The minimum Gasteiger partial charge on any atom is -0.484 e. The molecule has 7 nitrogen and oxygen atoms in total. The van der Waals surface area contributed by atoms with Gasteiger partial charge in [0.2, 0.25) is 10.0 Å². The second-order valence-electron chi connectivity index (χ2n) is 5.10. The maximum absolute atomic E-state index is 12.3. The molecule has 0 spiro atoms. The molecular weight excluding hydrogens is 350 g/mol. The third-order valence-corrected chi connectivity index (χ3v) is 5.54. The number of carbonyl (C=O) groups is 1. The Balaban J connectivity index is 2.07. The number of aryl methyl sites for hydroxylation is 2. The minimum absolute atomic E-state index is 0.120. The van der Waals surface area contributed by atoms with Crippen LogP contribution in [-0.4, -0.2) is 33.0 Å². The van der Waals surface area contributed by atoms with E-state index in [0.717, 1.165) is 5.69 Å². The summed E-state index contributed by atoms with van der Waals surface area (Å²) in [6, 6.07) is 4.50. The van der Waals surface area contributed by atoms with Crippen LogP contribution >= 0.6 is 11.3 Å². The molecule has 0 saturated carbocycles. The Morgan fingerprint density at radius 2 is 2.08 bits per heavy atom. The number of sulfonamides is 1. The average molecular weight is 369 g/mol. The Bertz CT molecular complexity index is 831. The summed E-state index contributed by atoms with van der Waals surface area (Å²) < 4.78 is 32.6. The molecule has 1 heterocycles. The van der Waals surface area contributed by atoms with Gasteiger partial charge in [0.05, 0.1) is 11.4 Å². The molecule has 0 unspecified atom stereocenters. The number of aromatic nitrogens is 1. The summed E-state index contributed by atoms with van der Waals surface area (Å²) in [7, 11) is -2.12. The van der Waals surface area contributed by atoms with Gasteiger partial charge in [-0.15, -0.1) is 11.3 Å². The number of hydrogen-bond acceptors (Lipinski definition) is 6. The number of likely N-dealkylation sites (N-methyl/N-ethyl adjacent to an activating group) is 1. The first-order valence-corrected chi connectivity index (χ1v) is 9.53. The summed E-state index contributed by atoms with van der Waals surface area (Å²) in [4.78, 5) is 15.6. The van der Waals surface area contributed by atoms with Crippen LogP contribution in [-0.2, 0) is 21.4 Å². The fourth-order valence-corrected chi connectivity index (χ4v) is 3.77. The number of nitrogens with one attached hydrogen (secondary N) is 2. The number of thiazole rings is 1. The molecule has 2 N–H and O–H groups in total. The zero-order valence-electron chi connectivity index (χ0n) is 13.6. The second-order valence-corrected chi connectivity index (χ2v) is 7.81. The van der Waals surface area contributed by atoms with Crippen LogP contribution < -0.4 is 14.8 Å². The third kappa shape index (κ3) is 4.76. The summed E-state index contributed by atoms with van der Waals surface area (Å²) in [5.41, 5.74) is 1.49. The van der Waals surface area contributed by atoms with Gasteiger partial charge in [0.15, 0.2) is 6.61 Å². The van der Waals surface area contributed by atoms with Gasteiger partial charge in [-0.3, -0.25) is 4.79 Å². The van der Waals surface area contributed by atoms with Crippen molar-refractivity contribution in [3.05, 3.63) is 39.8 Å². The van der Waals surface area contributed by atoms with Gasteiger partial charge in [-0.1, -0.05) is 0 Å². The Kier molecular flexibility index (Phi) is 5.92. The molecule has 0 aliphatic heterocycles. The van der Waals surface area contributed by atoms with Gasteiger partial charge in [0, 0.05) is 18.1 Å². The maximum atomic E-state index is 12.3. The van der Waals surface area contributed by atoms with Crippen LogP contribution in [0.3, 0.4) is 0 Å². The van der Waals surface area contributed by atoms with Crippen LogP contribution in [0, 0.1) is 13.8 Å². The molecule has 2 aromatic rings. The predicted molar refractivity (Wildman–Crippen MR) is 91.6 cm³/mol. The topological polar surface area (TPSA) is 97.4 Å². The van der Waals surface area contributed by atoms with E-state index in [-0.39, 0.29) is 24.0 Å². The van der Waals surface area contributed by atoms with E-state index >= 15 is 0 Å². The SMILES string of the molecule is CNC(=O)COc1ccc(S(=O)(=O)NCc2nc(C)cs2)cc1C. The van der Waals surface area contributed by atoms with Gasteiger partial charge in [-0.25, -0.2) is 18.1 Å². The van der Waals surface area contributed by atoms with Gasteiger partial charge in [-0.2, -0.15) is 0 Å². The molecule has 0 aliphatic carbocycles. The largest absolute Gasteiger partial charge is 0.484 e.